The third-order valence-electron chi connectivity index (χ3n) is 2.86. The van der Waals surface area contributed by atoms with Crippen LogP contribution in [0, 0.1) is 0 Å². The van der Waals surface area contributed by atoms with E-state index in [9.17, 15) is 4.79 Å². The molecule has 1 aromatic heterocycles. The lowest BCUT2D eigenvalue weighted by Crippen LogP contribution is -2.04. The number of carbonyl (C=O) groups is 1. The van der Waals surface area contributed by atoms with E-state index in [0.717, 1.165) is 16.5 Å². The highest BCUT2D eigenvalue weighted by molar-refractivity contribution is 5.79. The molecule has 1 atom stereocenters. The van der Waals surface area contributed by atoms with Crippen LogP contribution < -0.4 is 0 Å². The number of benzene rings is 1. The second-order valence-electron chi connectivity index (χ2n) is 4.19. The minimum Gasteiger partial charge on any atom is -0.481 e. The lowest BCUT2D eigenvalue weighted by Gasteiger charge is -2.11. The number of pyridine rings is 1. The number of carboxylic acid groups (broad SMARTS) is 1. The summed E-state index contributed by atoms with van der Waals surface area (Å²) in [5.74, 6) is -0.920. The van der Waals surface area contributed by atoms with E-state index in [1.165, 1.54) is 0 Å². The quantitative estimate of drug-likeness (QED) is 0.835. The van der Waals surface area contributed by atoms with Crippen LogP contribution in [0.4, 0.5) is 0 Å². The van der Waals surface area contributed by atoms with Crippen molar-refractivity contribution in [2.24, 2.45) is 0 Å². The van der Waals surface area contributed by atoms with Gasteiger partial charge in [-0.05, 0) is 24.6 Å². The summed E-state index contributed by atoms with van der Waals surface area (Å²) in [5.41, 5.74) is 1.87. The van der Waals surface area contributed by atoms with Crippen molar-refractivity contribution in [1.29, 1.82) is 0 Å². The fourth-order valence-corrected chi connectivity index (χ4v) is 2.01. The van der Waals surface area contributed by atoms with Crippen molar-refractivity contribution >= 4 is 16.9 Å². The van der Waals surface area contributed by atoms with Crippen LogP contribution in [-0.4, -0.2) is 16.1 Å². The monoisotopic (exact) mass is 241 g/mol. The Labute approximate surface area is 106 Å². The first-order valence-electron chi connectivity index (χ1n) is 5.90. The zero-order valence-electron chi connectivity index (χ0n) is 10.2. The minimum absolute atomic E-state index is 0.0877. The van der Waals surface area contributed by atoms with E-state index in [1.807, 2.05) is 49.4 Å². The van der Waals surface area contributed by atoms with E-state index in [4.69, 9.17) is 5.11 Å². The first-order chi connectivity index (χ1) is 8.70. The standard InChI is InChI=1S/C15H15NO2/c1-2-5-11(9-15(17)18)13-8-12-6-3-4-7-14(12)16-10-13/h2-8,10-11H,9H2,1H3,(H,17,18)/b5-2+. The molecule has 1 N–H and O–H groups in total. The Bertz CT molecular complexity index is 590. The van der Waals surface area contributed by atoms with Gasteiger partial charge in [0, 0.05) is 17.5 Å². The van der Waals surface area contributed by atoms with Gasteiger partial charge in [-0.15, -0.1) is 0 Å². The Kier molecular flexibility index (Phi) is 3.72. The summed E-state index contributed by atoms with van der Waals surface area (Å²) < 4.78 is 0. The summed E-state index contributed by atoms with van der Waals surface area (Å²) in [7, 11) is 0. The first-order valence-corrected chi connectivity index (χ1v) is 5.90. The number of rotatable bonds is 4. The maximum absolute atomic E-state index is 10.9. The summed E-state index contributed by atoms with van der Waals surface area (Å²) in [4.78, 5) is 15.2. The first kappa shape index (κ1) is 12.3. The fourth-order valence-electron chi connectivity index (χ4n) is 2.01. The second kappa shape index (κ2) is 5.45. The van der Waals surface area contributed by atoms with Gasteiger partial charge in [-0.25, -0.2) is 0 Å². The van der Waals surface area contributed by atoms with E-state index < -0.39 is 5.97 Å². The lowest BCUT2D eigenvalue weighted by atomic mass is 9.95. The number of allylic oxidation sites excluding steroid dienone is 2. The van der Waals surface area contributed by atoms with Crippen molar-refractivity contribution in [3.8, 4) is 0 Å². The molecule has 0 aliphatic carbocycles. The highest BCUT2D eigenvalue weighted by Gasteiger charge is 2.13. The predicted octanol–water partition coefficient (Wildman–Crippen LogP) is 3.37. The Morgan fingerprint density at radius 2 is 2.22 bits per heavy atom. The van der Waals surface area contributed by atoms with Gasteiger partial charge in [-0.3, -0.25) is 9.78 Å². The van der Waals surface area contributed by atoms with E-state index in [0.29, 0.717) is 0 Å². The number of hydrogen-bond donors (Lipinski definition) is 1. The number of aliphatic carboxylic acids is 1. The molecule has 0 bridgehead atoms. The average molecular weight is 241 g/mol. The third kappa shape index (κ3) is 2.74. The van der Waals surface area contributed by atoms with Crippen molar-refractivity contribution in [3.05, 3.63) is 54.2 Å². The lowest BCUT2D eigenvalue weighted by molar-refractivity contribution is -0.137. The van der Waals surface area contributed by atoms with Gasteiger partial charge in [0.05, 0.1) is 11.9 Å². The summed E-state index contributed by atoms with van der Waals surface area (Å²) in [6.45, 7) is 1.89. The van der Waals surface area contributed by atoms with Gasteiger partial charge in [-0.1, -0.05) is 30.4 Å². The zero-order valence-corrected chi connectivity index (χ0v) is 10.2. The molecule has 2 rings (SSSR count). The highest BCUT2D eigenvalue weighted by Crippen LogP contribution is 2.23. The van der Waals surface area contributed by atoms with Gasteiger partial charge < -0.3 is 5.11 Å². The number of hydrogen-bond acceptors (Lipinski definition) is 2. The molecule has 0 saturated heterocycles. The third-order valence-corrected chi connectivity index (χ3v) is 2.86. The van der Waals surface area contributed by atoms with E-state index in [1.54, 1.807) is 6.20 Å². The van der Waals surface area contributed by atoms with Crippen LogP contribution in [0.5, 0.6) is 0 Å². The largest absolute Gasteiger partial charge is 0.481 e. The molecule has 0 radical (unpaired) electrons. The maximum atomic E-state index is 10.9. The van der Waals surface area contributed by atoms with Crippen LogP contribution in [0.1, 0.15) is 24.8 Å². The smallest absolute Gasteiger partial charge is 0.304 e. The molecule has 0 fully saturated rings. The van der Waals surface area contributed by atoms with Crippen LogP contribution in [0.15, 0.2) is 48.7 Å². The summed E-state index contributed by atoms with van der Waals surface area (Å²) in [5, 5.41) is 9.97. The number of fused-ring (bicyclic) bond motifs is 1. The summed E-state index contributed by atoms with van der Waals surface area (Å²) in [6, 6.07) is 9.83. The van der Waals surface area contributed by atoms with Crippen LogP contribution in [-0.2, 0) is 4.79 Å². The molecule has 2 aromatic rings. The van der Waals surface area contributed by atoms with Crippen LogP contribution in [0.2, 0.25) is 0 Å². The predicted molar refractivity (Wildman–Crippen MR) is 71.6 cm³/mol. The molecule has 0 aliphatic rings. The van der Waals surface area contributed by atoms with Crippen LogP contribution >= 0.6 is 0 Å². The van der Waals surface area contributed by atoms with E-state index in [-0.39, 0.29) is 12.3 Å². The van der Waals surface area contributed by atoms with Gasteiger partial charge in [0.1, 0.15) is 0 Å². The molecule has 3 nitrogen and oxygen atoms in total. The van der Waals surface area contributed by atoms with E-state index >= 15 is 0 Å². The van der Waals surface area contributed by atoms with Crippen molar-refractivity contribution < 1.29 is 9.90 Å². The summed E-state index contributed by atoms with van der Waals surface area (Å²) in [6.07, 6.45) is 5.63. The summed E-state index contributed by atoms with van der Waals surface area (Å²) >= 11 is 0. The molecular weight excluding hydrogens is 226 g/mol. The van der Waals surface area contributed by atoms with Gasteiger partial charge in [0.2, 0.25) is 0 Å². The molecule has 0 spiro atoms. The molecule has 0 amide bonds. The number of para-hydroxylation sites is 1. The molecule has 18 heavy (non-hydrogen) atoms. The molecular formula is C15H15NO2. The van der Waals surface area contributed by atoms with Crippen molar-refractivity contribution in [2.75, 3.05) is 0 Å². The second-order valence-corrected chi connectivity index (χ2v) is 4.19. The topological polar surface area (TPSA) is 50.2 Å². The van der Waals surface area contributed by atoms with Gasteiger partial charge in [-0.2, -0.15) is 0 Å². The molecule has 1 aromatic carbocycles. The molecule has 1 heterocycles. The normalized spacial score (nSPS) is 12.9. The number of nitrogens with zero attached hydrogens (tertiary/aromatic N) is 1. The SMILES string of the molecule is C/C=C/C(CC(=O)O)c1cnc2ccccc2c1. The average Bonchev–Trinajstić information content (AvgIpc) is 2.37. The molecule has 0 saturated carbocycles. The Hall–Kier alpha value is -2.16. The molecule has 0 aliphatic heterocycles. The Morgan fingerprint density at radius 1 is 1.44 bits per heavy atom. The minimum atomic E-state index is -0.800. The molecule has 3 heteroatoms. The number of aromatic nitrogens is 1. The van der Waals surface area contributed by atoms with E-state index in [2.05, 4.69) is 4.98 Å². The fraction of sp³-hybridized carbons (Fsp3) is 0.200. The van der Waals surface area contributed by atoms with Crippen molar-refractivity contribution in [2.45, 2.75) is 19.3 Å². The van der Waals surface area contributed by atoms with Crippen LogP contribution in [0.25, 0.3) is 10.9 Å². The Morgan fingerprint density at radius 3 is 2.94 bits per heavy atom. The van der Waals surface area contributed by atoms with Crippen molar-refractivity contribution in [1.82, 2.24) is 4.98 Å². The van der Waals surface area contributed by atoms with Gasteiger partial charge >= 0.3 is 5.97 Å². The van der Waals surface area contributed by atoms with Gasteiger partial charge in [0.25, 0.3) is 0 Å². The zero-order chi connectivity index (χ0) is 13.0. The number of carboxylic acids is 1. The molecule has 1 unspecified atom stereocenters. The highest BCUT2D eigenvalue weighted by atomic mass is 16.4. The Balaban J connectivity index is 2.40. The maximum Gasteiger partial charge on any atom is 0.304 e. The van der Waals surface area contributed by atoms with Crippen molar-refractivity contribution in [3.63, 3.8) is 0 Å². The van der Waals surface area contributed by atoms with Crippen LogP contribution in [0.3, 0.4) is 0 Å². The van der Waals surface area contributed by atoms with Gasteiger partial charge in [0.15, 0.2) is 0 Å². The molecule has 92 valence electrons.